The van der Waals surface area contributed by atoms with E-state index in [1.165, 1.54) is 0 Å². The van der Waals surface area contributed by atoms with Gasteiger partial charge in [-0.2, -0.15) is 0 Å². The van der Waals surface area contributed by atoms with Crippen molar-refractivity contribution in [1.29, 1.82) is 0 Å². The van der Waals surface area contributed by atoms with Crippen molar-refractivity contribution in [2.75, 3.05) is 0 Å². The predicted molar refractivity (Wildman–Crippen MR) is 129 cm³/mol. The average Bonchev–Trinajstić information content (AvgIpc) is 3.42. The SMILES string of the molecule is Cc1ccc(-c2ccc([C@H]3[C@@H](c4ccccn4)NC(=S)N3Cc3ccccn3)o2)cc1Cl. The van der Waals surface area contributed by atoms with Crippen molar-refractivity contribution < 1.29 is 4.42 Å². The van der Waals surface area contributed by atoms with E-state index in [-0.39, 0.29) is 12.1 Å². The molecular weight excluding hydrogens is 440 g/mol. The van der Waals surface area contributed by atoms with Gasteiger partial charge in [-0.05, 0) is 67.2 Å². The van der Waals surface area contributed by atoms with Gasteiger partial charge < -0.3 is 14.6 Å². The van der Waals surface area contributed by atoms with Crippen LogP contribution in [-0.4, -0.2) is 20.0 Å². The summed E-state index contributed by atoms with van der Waals surface area (Å²) in [7, 11) is 0. The molecule has 4 heterocycles. The number of aryl methyl sites for hydroxylation is 1. The Morgan fingerprint density at radius 1 is 1.03 bits per heavy atom. The predicted octanol–water partition coefficient (Wildman–Crippen LogP) is 5.87. The number of nitrogens with one attached hydrogen (secondary N) is 1. The normalized spacial score (nSPS) is 18.1. The fourth-order valence-electron chi connectivity index (χ4n) is 3.96. The van der Waals surface area contributed by atoms with Crippen molar-refractivity contribution in [3.05, 3.63) is 107 Å². The molecule has 0 unspecified atom stereocenters. The van der Waals surface area contributed by atoms with Crippen molar-refractivity contribution in [3.8, 4) is 11.3 Å². The summed E-state index contributed by atoms with van der Waals surface area (Å²) in [6.07, 6.45) is 3.58. The molecule has 0 spiro atoms. The number of rotatable bonds is 5. The van der Waals surface area contributed by atoms with Gasteiger partial charge in [0, 0.05) is 23.0 Å². The molecule has 0 saturated carbocycles. The molecule has 1 aromatic carbocycles. The highest BCUT2D eigenvalue weighted by Gasteiger charge is 2.41. The smallest absolute Gasteiger partial charge is 0.170 e. The molecule has 1 fully saturated rings. The number of furan rings is 1. The Labute approximate surface area is 197 Å². The highest BCUT2D eigenvalue weighted by molar-refractivity contribution is 7.80. The van der Waals surface area contributed by atoms with Gasteiger partial charge in [-0.3, -0.25) is 9.97 Å². The van der Waals surface area contributed by atoms with Crippen molar-refractivity contribution >= 4 is 28.9 Å². The molecule has 3 aromatic heterocycles. The second kappa shape index (κ2) is 8.73. The molecule has 0 aliphatic carbocycles. The monoisotopic (exact) mass is 460 g/mol. The zero-order valence-electron chi connectivity index (χ0n) is 17.4. The lowest BCUT2D eigenvalue weighted by Gasteiger charge is -2.25. The summed E-state index contributed by atoms with van der Waals surface area (Å²) >= 11 is 12.1. The number of nitrogens with zero attached hydrogens (tertiary/aromatic N) is 3. The number of pyridine rings is 2. The van der Waals surface area contributed by atoms with Gasteiger partial charge in [0.25, 0.3) is 0 Å². The van der Waals surface area contributed by atoms with Crippen LogP contribution in [0.4, 0.5) is 0 Å². The molecule has 0 amide bonds. The van der Waals surface area contributed by atoms with Crippen LogP contribution in [0.1, 0.15) is 34.8 Å². The van der Waals surface area contributed by atoms with Gasteiger partial charge >= 0.3 is 0 Å². The third-order valence-electron chi connectivity index (χ3n) is 5.63. The summed E-state index contributed by atoms with van der Waals surface area (Å²) in [4.78, 5) is 11.2. The summed E-state index contributed by atoms with van der Waals surface area (Å²) < 4.78 is 6.37. The van der Waals surface area contributed by atoms with Crippen molar-refractivity contribution in [3.63, 3.8) is 0 Å². The van der Waals surface area contributed by atoms with E-state index in [1.807, 2.05) is 73.7 Å². The van der Waals surface area contributed by atoms with Gasteiger partial charge in [-0.1, -0.05) is 35.9 Å². The first-order valence-corrected chi connectivity index (χ1v) is 11.1. The number of aromatic nitrogens is 2. The average molecular weight is 461 g/mol. The number of benzene rings is 1. The highest BCUT2D eigenvalue weighted by Crippen LogP contribution is 2.41. The molecule has 1 aliphatic heterocycles. The van der Waals surface area contributed by atoms with E-state index < -0.39 is 0 Å². The first kappa shape index (κ1) is 20.7. The Bertz CT molecular complexity index is 1250. The van der Waals surface area contributed by atoms with Crippen LogP contribution in [0.3, 0.4) is 0 Å². The third-order valence-corrected chi connectivity index (χ3v) is 6.39. The maximum Gasteiger partial charge on any atom is 0.170 e. The quantitative estimate of drug-likeness (QED) is 0.376. The Hall–Kier alpha value is -3.22. The van der Waals surface area contributed by atoms with Gasteiger partial charge in [0.05, 0.1) is 24.0 Å². The molecule has 32 heavy (non-hydrogen) atoms. The summed E-state index contributed by atoms with van der Waals surface area (Å²) in [5.74, 6) is 1.56. The largest absolute Gasteiger partial charge is 0.459 e. The molecule has 7 heteroatoms. The zero-order valence-corrected chi connectivity index (χ0v) is 19.0. The molecule has 5 rings (SSSR count). The Balaban J connectivity index is 1.54. The molecule has 160 valence electrons. The molecule has 5 nitrogen and oxygen atoms in total. The Kier molecular flexibility index (Phi) is 5.64. The zero-order chi connectivity index (χ0) is 22.1. The molecule has 1 aliphatic rings. The van der Waals surface area contributed by atoms with E-state index in [0.29, 0.717) is 16.7 Å². The maximum atomic E-state index is 6.37. The van der Waals surface area contributed by atoms with E-state index in [9.17, 15) is 0 Å². The van der Waals surface area contributed by atoms with Crippen LogP contribution in [-0.2, 0) is 6.54 Å². The molecule has 0 radical (unpaired) electrons. The molecule has 1 N–H and O–H groups in total. The van der Waals surface area contributed by atoms with Gasteiger partial charge in [0.15, 0.2) is 5.11 Å². The van der Waals surface area contributed by atoms with Crippen LogP contribution in [0.2, 0.25) is 5.02 Å². The minimum atomic E-state index is -0.172. The van der Waals surface area contributed by atoms with E-state index in [1.54, 1.807) is 12.4 Å². The molecule has 4 aromatic rings. The van der Waals surface area contributed by atoms with Gasteiger partial charge in [-0.15, -0.1) is 0 Å². The van der Waals surface area contributed by atoms with Crippen LogP contribution in [0.25, 0.3) is 11.3 Å². The Morgan fingerprint density at radius 2 is 1.84 bits per heavy atom. The van der Waals surface area contributed by atoms with Crippen molar-refractivity contribution in [2.45, 2.75) is 25.6 Å². The van der Waals surface area contributed by atoms with Crippen LogP contribution >= 0.6 is 23.8 Å². The second-order valence-electron chi connectivity index (χ2n) is 7.74. The fraction of sp³-hybridized carbons (Fsp3) is 0.160. The highest BCUT2D eigenvalue weighted by atomic mass is 35.5. The summed E-state index contributed by atoms with van der Waals surface area (Å²) in [5.41, 5.74) is 3.80. The van der Waals surface area contributed by atoms with E-state index in [4.69, 9.17) is 28.2 Å². The minimum Gasteiger partial charge on any atom is -0.459 e. The number of halogens is 1. The van der Waals surface area contributed by atoms with Crippen LogP contribution in [0, 0.1) is 6.92 Å². The van der Waals surface area contributed by atoms with Gasteiger partial charge in [-0.25, -0.2) is 0 Å². The third kappa shape index (κ3) is 3.99. The molecular formula is C25H21ClN4OS. The topological polar surface area (TPSA) is 54.2 Å². The lowest BCUT2D eigenvalue weighted by Crippen LogP contribution is -2.29. The number of thiocarbonyl (C=S) groups is 1. The van der Waals surface area contributed by atoms with E-state index >= 15 is 0 Å². The van der Waals surface area contributed by atoms with Crippen LogP contribution in [0.5, 0.6) is 0 Å². The Morgan fingerprint density at radius 3 is 2.56 bits per heavy atom. The summed E-state index contributed by atoms with van der Waals surface area (Å²) in [6.45, 7) is 2.55. The first-order chi connectivity index (χ1) is 15.6. The van der Waals surface area contributed by atoms with Gasteiger partial charge in [0.2, 0.25) is 0 Å². The second-order valence-corrected chi connectivity index (χ2v) is 8.54. The van der Waals surface area contributed by atoms with Crippen LogP contribution in [0.15, 0.2) is 83.5 Å². The van der Waals surface area contributed by atoms with E-state index in [2.05, 4.69) is 20.2 Å². The first-order valence-electron chi connectivity index (χ1n) is 10.3. The lowest BCUT2D eigenvalue weighted by atomic mass is 10.0. The minimum absolute atomic E-state index is 0.145. The van der Waals surface area contributed by atoms with E-state index in [0.717, 1.165) is 34.0 Å². The molecule has 1 saturated heterocycles. The standard InChI is InChI=1S/C25H21ClN4OS/c1-16-8-9-17(14-19(16)26)21-10-11-22(31-21)24-23(20-7-3-5-13-28-20)29-25(32)30(24)15-18-6-2-4-12-27-18/h2-14,23-24H,15H2,1H3,(H,29,32)/t23-,24+/m1/s1. The lowest BCUT2D eigenvalue weighted by molar-refractivity contribution is 0.267. The summed E-state index contributed by atoms with van der Waals surface area (Å²) in [5, 5.41) is 4.80. The van der Waals surface area contributed by atoms with Crippen molar-refractivity contribution in [2.24, 2.45) is 0 Å². The fourth-order valence-corrected chi connectivity index (χ4v) is 4.45. The summed E-state index contributed by atoms with van der Waals surface area (Å²) in [6, 6.07) is 21.4. The molecule has 0 bridgehead atoms. The number of hydrogen-bond donors (Lipinski definition) is 1. The van der Waals surface area contributed by atoms with Gasteiger partial charge in [0.1, 0.15) is 17.6 Å². The maximum absolute atomic E-state index is 6.37. The molecule has 2 atom stereocenters. The number of hydrogen-bond acceptors (Lipinski definition) is 4. The van der Waals surface area contributed by atoms with Crippen molar-refractivity contribution in [1.82, 2.24) is 20.2 Å². The van der Waals surface area contributed by atoms with Crippen LogP contribution < -0.4 is 5.32 Å².